The van der Waals surface area contributed by atoms with Crippen LogP contribution in [0.3, 0.4) is 0 Å². The summed E-state index contributed by atoms with van der Waals surface area (Å²) < 4.78 is 0. The summed E-state index contributed by atoms with van der Waals surface area (Å²) in [4.78, 5) is 5.01. The molecule has 116 valence electrons. The van der Waals surface area contributed by atoms with Crippen LogP contribution in [-0.4, -0.2) is 42.5 Å². The molecular formula is C19H25N3. The van der Waals surface area contributed by atoms with Gasteiger partial charge in [0.25, 0.3) is 0 Å². The average molecular weight is 295 g/mol. The van der Waals surface area contributed by atoms with Crippen LogP contribution in [0.2, 0.25) is 0 Å². The molecule has 3 rings (SSSR count). The van der Waals surface area contributed by atoms with Crippen LogP contribution in [0.5, 0.6) is 0 Å². The molecule has 1 fully saturated rings. The first kappa shape index (κ1) is 15.2. The molecule has 22 heavy (non-hydrogen) atoms. The highest BCUT2D eigenvalue weighted by Gasteiger charge is 2.19. The molecule has 0 amide bonds. The van der Waals surface area contributed by atoms with E-state index in [1.807, 2.05) is 6.07 Å². The van der Waals surface area contributed by atoms with Crippen molar-refractivity contribution < 1.29 is 0 Å². The van der Waals surface area contributed by atoms with Gasteiger partial charge in [-0.25, -0.2) is 0 Å². The Kier molecular flexibility index (Phi) is 5.22. The minimum absolute atomic E-state index is 0.113. The van der Waals surface area contributed by atoms with E-state index in [1.165, 1.54) is 11.1 Å². The molecule has 0 radical (unpaired) electrons. The van der Waals surface area contributed by atoms with Crippen LogP contribution in [0.1, 0.15) is 17.2 Å². The molecule has 3 heteroatoms. The fourth-order valence-electron chi connectivity index (χ4n) is 3.06. The van der Waals surface area contributed by atoms with Gasteiger partial charge >= 0.3 is 0 Å². The van der Waals surface area contributed by atoms with Crippen LogP contribution < -0.4 is 5.73 Å². The molecule has 0 aliphatic carbocycles. The van der Waals surface area contributed by atoms with Gasteiger partial charge in [0.05, 0.1) is 0 Å². The highest BCUT2D eigenvalue weighted by atomic mass is 15.3. The lowest BCUT2D eigenvalue weighted by atomic mass is 10.1. The van der Waals surface area contributed by atoms with Crippen molar-refractivity contribution in [2.24, 2.45) is 5.73 Å². The lowest BCUT2D eigenvalue weighted by Gasteiger charge is -2.36. The first-order valence-electron chi connectivity index (χ1n) is 8.10. The summed E-state index contributed by atoms with van der Waals surface area (Å²) in [7, 11) is 0. The minimum atomic E-state index is 0.113. The minimum Gasteiger partial charge on any atom is -0.323 e. The summed E-state index contributed by atoms with van der Waals surface area (Å²) in [5.74, 6) is 0. The Morgan fingerprint density at radius 2 is 1.32 bits per heavy atom. The zero-order valence-corrected chi connectivity index (χ0v) is 13.1. The second-order valence-corrected chi connectivity index (χ2v) is 6.08. The van der Waals surface area contributed by atoms with Crippen LogP contribution in [0.25, 0.3) is 0 Å². The summed E-state index contributed by atoms with van der Waals surface area (Å²) in [5.41, 5.74) is 8.96. The molecular weight excluding hydrogens is 270 g/mol. The summed E-state index contributed by atoms with van der Waals surface area (Å²) in [5, 5.41) is 0. The highest BCUT2D eigenvalue weighted by Crippen LogP contribution is 2.14. The van der Waals surface area contributed by atoms with E-state index in [0.29, 0.717) is 0 Å². The van der Waals surface area contributed by atoms with Crippen molar-refractivity contribution in [1.29, 1.82) is 0 Å². The predicted molar refractivity (Wildman–Crippen MR) is 91.5 cm³/mol. The molecule has 2 aromatic rings. The van der Waals surface area contributed by atoms with Crippen LogP contribution in [-0.2, 0) is 6.54 Å². The van der Waals surface area contributed by atoms with E-state index in [4.69, 9.17) is 5.73 Å². The maximum atomic E-state index is 6.33. The molecule has 1 saturated heterocycles. The quantitative estimate of drug-likeness (QED) is 0.920. The fraction of sp³-hybridized carbons (Fsp3) is 0.368. The Bertz CT molecular complexity index is 547. The van der Waals surface area contributed by atoms with Gasteiger partial charge in [-0.05, 0) is 11.1 Å². The van der Waals surface area contributed by atoms with E-state index in [9.17, 15) is 0 Å². The zero-order chi connectivity index (χ0) is 15.2. The van der Waals surface area contributed by atoms with Gasteiger partial charge in [0.1, 0.15) is 0 Å². The van der Waals surface area contributed by atoms with E-state index in [2.05, 4.69) is 64.4 Å². The van der Waals surface area contributed by atoms with Gasteiger partial charge in [0.2, 0.25) is 0 Å². The third-order valence-electron chi connectivity index (χ3n) is 4.40. The SMILES string of the molecule is N[C@H](CN1CCN(Cc2ccccc2)CC1)c1ccccc1. The van der Waals surface area contributed by atoms with Crippen LogP contribution in [0.15, 0.2) is 60.7 Å². The number of hydrogen-bond donors (Lipinski definition) is 1. The van der Waals surface area contributed by atoms with Gasteiger partial charge in [0.15, 0.2) is 0 Å². The van der Waals surface area contributed by atoms with Crippen molar-refractivity contribution in [2.75, 3.05) is 32.7 Å². The fourth-order valence-corrected chi connectivity index (χ4v) is 3.06. The summed E-state index contributed by atoms with van der Waals surface area (Å²) in [6.45, 7) is 6.45. The summed E-state index contributed by atoms with van der Waals surface area (Å²) in [6, 6.07) is 21.2. The van der Waals surface area contributed by atoms with Gasteiger partial charge in [-0.3, -0.25) is 9.80 Å². The van der Waals surface area contributed by atoms with Gasteiger partial charge in [-0.1, -0.05) is 60.7 Å². The maximum Gasteiger partial charge on any atom is 0.0424 e. The summed E-state index contributed by atoms with van der Waals surface area (Å²) >= 11 is 0. The molecule has 1 atom stereocenters. The lowest BCUT2D eigenvalue weighted by Crippen LogP contribution is -2.47. The first-order chi connectivity index (χ1) is 10.8. The number of nitrogens with two attached hydrogens (primary N) is 1. The Hall–Kier alpha value is -1.68. The van der Waals surface area contributed by atoms with Crippen molar-refractivity contribution >= 4 is 0 Å². The van der Waals surface area contributed by atoms with Gasteiger partial charge < -0.3 is 5.73 Å². The van der Waals surface area contributed by atoms with E-state index < -0.39 is 0 Å². The third-order valence-corrected chi connectivity index (χ3v) is 4.40. The van der Waals surface area contributed by atoms with Crippen molar-refractivity contribution in [3.05, 3.63) is 71.8 Å². The number of hydrogen-bond acceptors (Lipinski definition) is 3. The topological polar surface area (TPSA) is 32.5 Å². The van der Waals surface area contributed by atoms with E-state index in [0.717, 1.165) is 39.3 Å². The predicted octanol–water partition coefficient (Wildman–Crippen LogP) is 2.50. The number of benzene rings is 2. The Balaban J connectivity index is 1.46. The number of rotatable bonds is 5. The molecule has 1 aliphatic rings. The molecule has 0 aromatic heterocycles. The van der Waals surface area contributed by atoms with Crippen LogP contribution >= 0.6 is 0 Å². The molecule has 3 nitrogen and oxygen atoms in total. The largest absolute Gasteiger partial charge is 0.323 e. The van der Waals surface area contributed by atoms with Crippen LogP contribution in [0.4, 0.5) is 0 Å². The Morgan fingerprint density at radius 1 is 0.773 bits per heavy atom. The molecule has 2 N–H and O–H groups in total. The third kappa shape index (κ3) is 4.17. The molecule has 0 unspecified atom stereocenters. The highest BCUT2D eigenvalue weighted by molar-refractivity contribution is 5.19. The second-order valence-electron chi connectivity index (χ2n) is 6.08. The monoisotopic (exact) mass is 295 g/mol. The number of piperazine rings is 1. The van der Waals surface area contributed by atoms with Crippen molar-refractivity contribution in [2.45, 2.75) is 12.6 Å². The molecule has 1 heterocycles. The Labute approximate surface area is 133 Å². The second kappa shape index (κ2) is 7.54. The molecule has 2 aromatic carbocycles. The Morgan fingerprint density at radius 3 is 1.95 bits per heavy atom. The zero-order valence-electron chi connectivity index (χ0n) is 13.1. The molecule has 0 spiro atoms. The van der Waals surface area contributed by atoms with E-state index >= 15 is 0 Å². The van der Waals surface area contributed by atoms with E-state index in [-0.39, 0.29) is 6.04 Å². The van der Waals surface area contributed by atoms with Gasteiger partial charge in [-0.2, -0.15) is 0 Å². The van der Waals surface area contributed by atoms with Crippen molar-refractivity contribution in [3.8, 4) is 0 Å². The summed E-state index contributed by atoms with van der Waals surface area (Å²) in [6.07, 6.45) is 0. The van der Waals surface area contributed by atoms with Gasteiger partial charge in [0, 0.05) is 45.3 Å². The normalized spacial score (nSPS) is 18.2. The first-order valence-corrected chi connectivity index (χ1v) is 8.10. The van der Waals surface area contributed by atoms with E-state index in [1.54, 1.807) is 0 Å². The number of nitrogens with zero attached hydrogens (tertiary/aromatic N) is 2. The lowest BCUT2D eigenvalue weighted by molar-refractivity contribution is 0.122. The smallest absolute Gasteiger partial charge is 0.0424 e. The van der Waals surface area contributed by atoms with Crippen LogP contribution in [0, 0.1) is 0 Å². The van der Waals surface area contributed by atoms with Crippen molar-refractivity contribution in [3.63, 3.8) is 0 Å². The molecule has 0 saturated carbocycles. The molecule has 0 bridgehead atoms. The average Bonchev–Trinajstić information content (AvgIpc) is 2.58. The molecule has 1 aliphatic heterocycles. The van der Waals surface area contributed by atoms with Crippen molar-refractivity contribution in [1.82, 2.24) is 9.80 Å². The van der Waals surface area contributed by atoms with Gasteiger partial charge in [-0.15, -0.1) is 0 Å². The standard InChI is InChI=1S/C19H25N3/c20-19(18-9-5-2-6-10-18)16-22-13-11-21(12-14-22)15-17-7-3-1-4-8-17/h1-10,19H,11-16,20H2/t19-/m1/s1. The maximum absolute atomic E-state index is 6.33.